The Bertz CT molecular complexity index is 1230. The average molecular weight is 428 g/mol. The lowest BCUT2D eigenvalue weighted by molar-refractivity contribution is 0.0954. The molecule has 3 aromatic heterocycles. The van der Waals surface area contributed by atoms with Gasteiger partial charge in [0.1, 0.15) is 5.69 Å². The van der Waals surface area contributed by atoms with E-state index >= 15 is 0 Å². The number of aromatic hydroxyl groups is 1. The van der Waals surface area contributed by atoms with Gasteiger partial charge >= 0.3 is 0 Å². The number of hydrogen-bond donors (Lipinski definition) is 3. The summed E-state index contributed by atoms with van der Waals surface area (Å²) in [7, 11) is 0. The Hall–Kier alpha value is -3.43. The van der Waals surface area contributed by atoms with Gasteiger partial charge in [0.2, 0.25) is 0 Å². The third kappa shape index (κ3) is 4.05. The molecule has 1 amide bonds. The number of aromatic nitrogens is 4. The quantitative estimate of drug-likeness (QED) is 0.453. The molecule has 0 saturated heterocycles. The molecule has 4 rings (SSSR count). The van der Waals surface area contributed by atoms with Gasteiger partial charge in [-0.2, -0.15) is 0 Å². The molecule has 3 heterocycles. The fourth-order valence-corrected chi connectivity index (χ4v) is 3.66. The first-order valence-electron chi connectivity index (χ1n) is 8.47. The second-order valence-electron chi connectivity index (χ2n) is 6.06. The number of carbonyl (C=O) groups excluding carboxylic acids is 1. The van der Waals surface area contributed by atoms with E-state index in [0.29, 0.717) is 26.0 Å². The molecule has 4 aromatic rings. The number of H-pyrrole nitrogens is 1. The number of thiophene rings is 1. The number of halogens is 1. The van der Waals surface area contributed by atoms with E-state index < -0.39 is 5.56 Å². The maximum absolute atomic E-state index is 12.1. The first-order chi connectivity index (χ1) is 14.0. The summed E-state index contributed by atoms with van der Waals surface area (Å²) in [5, 5.41) is 20.8. The van der Waals surface area contributed by atoms with Crippen molar-refractivity contribution in [3.8, 4) is 22.6 Å². The molecule has 8 nitrogen and oxygen atoms in total. The topological polar surface area (TPSA) is 113 Å². The molecule has 146 valence electrons. The Morgan fingerprint density at radius 2 is 2.00 bits per heavy atom. The van der Waals surface area contributed by atoms with E-state index in [1.165, 1.54) is 17.5 Å². The zero-order valence-electron chi connectivity index (χ0n) is 14.8. The Morgan fingerprint density at radius 1 is 1.21 bits per heavy atom. The van der Waals surface area contributed by atoms with Crippen LogP contribution in [-0.2, 0) is 6.54 Å². The van der Waals surface area contributed by atoms with Gasteiger partial charge in [0.15, 0.2) is 5.75 Å². The number of carbonyl (C=O) groups is 1. The highest BCUT2D eigenvalue weighted by Crippen LogP contribution is 2.26. The summed E-state index contributed by atoms with van der Waals surface area (Å²) in [6.07, 6.45) is 3.19. The number of nitrogens with zero attached hydrogens (tertiary/aromatic N) is 3. The first-order valence-corrected chi connectivity index (χ1v) is 9.67. The van der Waals surface area contributed by atoms with E-state index in [2.05, 4.69) is 20.6 Å². The molecule has 1 aromatic carbocycles. The molecule has 0 aliphatic carbocycles. The highest BCUT2D eigenvalue weighted by molar-refractivity contribution is 7.17. The fourth-order valence-electron chi connectivity index (χ4n) is 2.70. The van der Waals surface area contributed by atoms with Crippen molar-refractivity contribution in [2.75, 3.05) is 0 Å². The van der Waals surface area contributed by atoms with Gasteiger partial charge in [0.25, 0.3) is 11.5 Å². The SMILES string of the molecule is O=C(NCc1cn(-c2ccc(-c3cc[nH]c(=O)c3O)cc2)nn1)c1ccc(Cl)s1. The lowest BCUT2D eigenvalue weighted by atomic mass is 10.1. The van der Waals surface area contributed by atoms with E-state index in [0.717, 1.165) is 5.69 Å². The average Bonchev–Trinajstić information content (AvgIpc) is 3.38. The zero-order chi connectivity index (χ0) is 20.4. The summed E-state index contributed by atoms with van der Waals surface area (Å²) in [6.45, 7) is 0.229. The summed E-state index contributed by atoms with van der Waals surface area (Å²) in [4.78, 5) is 26.6. The zero-order valence-corrected chi connectivity index (χ0v) is 16.4. The molecular weight excluding hydrogens is 414 g/mol. The second-order valence-corrected chi connectivity index (χ2v) is 7.77. The van der Waals surface area contributed by atoms with E-state index in [4.69, 9.17) is 11.6 Å². The molecule has 0 aliphatic heterocycles. The van der Waals surface area contributed by atoms with Crippen molar-refractivity contribution < 1.29 is 9.90 Å². The van der Waals surface area contributed by atoms with Crippen LogP contribution >= 0.6 is 22.9 Å². The predicted octanol–water partition coefficient (Wildman–Crippen LogP) is 2.97. The van der Waals surface area contributed by atoms with Crippen LogP contribution in [0.4, 0.5) is 0 Å². The van der Waals surface area contributed by atoms with Crippen LogP contribution in [0.15, 0.2) is 59.7 Å². The maximum Gasteiger partial charge on any atom is 0.290 e. The lowest BCUT2D eigenvalue weighted by Crippen LogP contribution is -2.21. The van der Waals surface area contributed by atoms with Crippen molar-refractivity contribution in [1.29, 1.82) is 0 Å². The summed E-state index contributed by atoms with van der Waals surface area (Å²) >= 11 is 7.05. The van der Waals surface area contributed by atoms with Crippen LogP contribution in [0.2, 0.25) is 4.34 Å². The minimum atomic E-state index is -0.542. The first kappa shape index (κ1) is 18.9. The molecule has 0 atom stereocenters. The van der Waals surface area contributed by atoms with Crippen LogP contribution in [0.25, 0.3) is 16.8 Å². The molecule has 0 fully saturated rings. The van der Waals surface area contributed by atoms with Crippen LogP contribution in [0.5, 0.6) is 5.75 Å². The predicted molar refractivity (Wildman–Crippen MR) is 110 cm³/mol. The molecule has 3 N–H and O–H groups in total. The lowest BCUT2D eigenvalue weighted by Gasteiger charge is -2.05. The van der Waals surface area contributed by atoms with Gasteiger partial charge in [-0.3, -0.25) is 9.59 Å². The van der Waals surface area contributed by atoms with Gasteiger partial charge in [-0.15, -0.1) is 16.4 Å². The van der Waals surface area contributed by atoms with Crippen molar-refractivity contribution in [2.24, 2.45) is 0 Å². The van der Waals surface area contributed by atoms with Crippen LogP contribution in [0.3, 0.4) is 0 Å². The monoisotopic (exact) mass is 427 g/mol. The van der Waals surface area contributed by atoms with Crippen LogP contribution in [0, 0.1) is 0 Å². The molecule has 0 bridgehead atoms. The highest BCUT2D eigenvalue weighted by Gasteiger charge is 2.11. The normalized spacial score (nSPS) is 10.8. The Balaban J connectivity index is 1.46. The molecule has 0 aliphatic rings. The molecule has 0 spiro atoms. The molecule has 10 heteroatoms. The standard InChI is InChI=1S/C19H14ClN5O3S/c20-16-6-5-15(29-16)18(27)22-9-12-10-25(24-23-12)13-3-1-11(2-4-13)14-7-8-21-19(28)17(14)26/h1-8,10,26H,9H2,(H,21,28)(H,22,27). The number of rotatable bonds is 5. The summed E-state index contributed by atoms with van der Waals surface area (Å²) in [6, 6.07) is 12.1. The van der Waals surface area contributed by atoms with Crippen LogP contribution in [-0.4, -0.2) is 31.0 Å². The Kier molecular flexibility index (Phi) is 5.15. The van der Waals surface area contributed by atoms with Gasteiger partial charge in [-0.05, 0) is 35.9 Å². The van der Waals surface area contributed by atoms with Gasteiger partial charge in [0.05, 0.1) is 27.6 Å². The van der Waals surface area contributed by atoms with Crippen molar-refractivity contribution in [2.45, 2.75) is 6.54 Å². The number of nitrogens with one attached hydrogen (secondary N) is 2. The molecule has 29 heavy (non-hydrogen) atoms. The maximum atomic E-state index is 12.1. The summed E-state index contributed by atoms with van der Waals surface area (Å²) in [5.74, 6) is -0.551. The summed E-state index contributed by atoms with van der Waals surface area (Å²) in [5.41, 5.74) is 1.93. The van der Waals surface area contributed by atoms with Crippen molar-refractivity contribution in [3.63, 3.8) is 0 Å². The van der Waals surface area contributed by atoms with Crippen molar-refractivity contribution in [3.05, 3.63) is 80.1 Å². The number of hydrogen-bond acceptors (Lipinski definition) is 6. The van der Waals surface area contributed by atoms with Gasteiger partial charge in [-0.1, -0.05) is 28.9 Å². The third-order valence-electron chi connectivity index (χ3n) is 4.15. The molecule has 0 radical (unpaired) electrons. The van der Waals surface area contributed by atoms with Crippen molar-refractivity contribution in [1.82, 2.24) is 25.3 Å². The largest absolute Gasteiger partial charge is 0.503 e. The summed E-state index contributed by atoms with van der Waals surface area (Å²) < 4.78 is 2.13. The van der Waals surface area contributed by atoms with E-state index in [9.17, 15) is 14.7 Å². The molecular formula is C19H14ClN5O3S. The van der Waals surface area contributed by atoms with Gasteiger partial charge in [0, 0.05) is 11.8 Å². The molecule has 0 saturated carbocycles. The number of pyridine rings is 1. The van der Waals surface area contributed by atoms with E-state index in [1.807, 2.05) is 0 Å². The third-order valence-corrected chi connectivity index (χ3v) is 5.38. The van der Waals surface area contributed by atoms with Crippen LogP contribution in [0.1, 0.15) is 15.4 Å². The van der Waals surface area contributed by atoms with Crippen molar-refractivity contribution >= 4 is 28.8 Å². The smallest absolute Gasteiger partial charge is 0.290 e. The Morgan fingerprint density at radius 3 is 2.72 bits per heavy atom. The van der Waals surface area contributed by atoms with E-state index in [-0.39, 0.29) is 18.2 Å². The van der Waals surface area contributed by atoms with E-state index in [1.54, 1.807) is 53.3 Å². The minimum absolute atomic E-state index is 0.224. The number of aromatic amines is 1. The second kappa shape index (κ2) is 7.90. The van der Waals surface area contributed by atoms with Gasteiger partial charge < -0.3 is 15.4 Å². The fraction of sp³-hybridized carbons (Fsp3) is 0.0526. The Labute approximate surface area is 173 Å². The van der Waals surface area contributed by atoms with Gasteiger partial charge in [-0.25, -0.2) is 4.68 Å². The van der Waals surface area contributed by atoms with Crippen LogP contribution < -0.4 is 10.9 Å². The molecule has 0 unspecified atom stereocenters. The number of amides is 1. The minimum Gasteiger partial charge on any atom is -0.503 e. The number of benzene rings is 1. The highest BCUT2D eigenvalue weighted by atomic mass is 35.5.